The molecule has 2 aliphatic rings. The van der Waals surface area contributed by atoms with Gasteiger partial charge in [-0.2, -0.15) is 5.26 Å². The van der Waals surface area contributed by atoms with Crippen LogP contribution >= 0.6 is 11.6 Å². The lowest BCUT2D eigenvalue weighted by Crippen LogP contribution is -2.34. The van der Waals surface area contributed by atoms with Gasteiger partial charge >= 0.3 is 5.97 Å². The van der Waals surface area contributed by atoms with Crippen molar-refractivity contribution in [3.63, 3.8) is 0 Å². The SMILES string of the molecule is COC(=O)CCC1CCC(Cc2cc(-c3cccc(NCC4(C#N)CCOCC4)n3)c(Cl)cn2)CC1. The molecule has 2 aromatic heterocycles. The van der Waals surface area contributed by atoms with E-state index in [1.807, 2.05) is 18.2 Å². The van der Waals surface area contributed by atoms with Crippen molar-refractivity contribution >= 4 is 23.4 Å². The molecule has 0 atom stereocenters. The smallest absolute Gasteiger partial charge is 0.305 e. The third-order valence-electron chi connectivity index (χ3n) is 7.68. The third-order valence-corrected chi connectivity index (χ3v) is 7.98. The first-order valence-corrected chi connectivity index (χ1v) is 13.3. The van der Waals surface area contributed by atoms with Crippen LogP contribution in [0.15, 0.2) is 30.5 Å². The van der Waals surface area contributed by atoms with Crippen molar-refractivity contribution in [1.29, 1.82) is 5.26 Å². The van der Waals surface area contributed by atoms with Gasteiger partial charge in [-0.15, -0.1) is 0 Å². The van der Waals surface area contributed by atoms with Gasteiger partial charge in [-0.1, -0.05) is 30.5 Å². The molecule has 1 saturated heterocycles. The van der Waals surface area contributed by atoms with Crippen molar-refractivity contribution in [2.75, 3.05) is 32.2 Å². The van der Waals surface area contributed by atoms with Gasteiger partial charge in [0.2, 0.25) is 0 Å². The minimum absolute atomic E-state index is 0.115. The van der Waals surface area contributed by atoms with Crippen molar-refractivity contribution in [2.45, 2.75) is 57.8 Å². The number of pyridine rings is 2. The van der Waals surface area contributed by atoms with Crippen LogP contribution in [0.5, 0.6) is 0 Å². The fourth-order valence-corrected chi connectivity index (χ4v) is 5.47. The number of hydrogen-bond donors (Lipinski definition) is 1. The molecule has 3 heterocycles. The molecule has 0 aromatic carbocycles. The summed E-state index contributed by atoms with van der Waals surface area (Å²) in [5.74, 6) is 1.81. The van der Waals surface area contributed by atoms with Crippen LogP contribution in [0.1, 0.15) is 57.1 Å². The van der Waals surface area contributed by atoms with Gasteiger partial charge in [0, 0.05) is 43.6 Å². The zero-order valence-corrected chi connectivity index (χ0v) is 21.7. The van der Waals surface area contributed by atoms with Crippen LogP contribution in [0.2, 0.25) is 5.02 Å². The first-order chi connectivity index (χ1) is 17.5. The van der Waals surface area contributed by atoms with Crippen LogP contribution in [-0.4, -0.2) is 42.8 Å². The molecule has 2 aromatic rings. The Hall–Kier alpha value is -2.69. The van der Waals surface area contributed by atoms with E-state index in [-0.39, 0.29) is 5.97 Å². The van der Waals surface area contributed by atoms with Gasteiger partial charge in [0.25, 0.3) is 0 Å². The number of nitrogens with one attached hydrogen (secondary N) is 1. The van der Waals surface area contributed by atoms with Gasteiger partial charge in [-0.25, -0.2) is 4.98 Å². The van der Waals surface area contributed by atoms with Crippen LogP contribution in [-0.2, 0) is 20.7 Å². The van der Waals surface area contributed by atoms with Crippen molar-refractivity contribution in [1.82, 2.24) is 9.97 Å². The number of ether oxygens (including phenoxy) is 2. The number of rotatable bonds is 9. The summed E-state index contributed by atoms with van der Waals surface area (Å²) in [6, 6.07) is 10.4. The van der Waals surface area contributed by atoms with E-state index >= 15 is 0 Å². The Morgan fingerprint density at radius 2 is 2.00 bits per heavy atom. The molecule has 1 N–H and O–H groups in total. The summed E-state index contributed by atoms with van der Waals surface area (Å²) < 4.78 is 10.2. The summed E-state index contributed by atoms with van der Waals surface area (Å²) in [6.45, 7) is 1.78. The quantitative estimate of drug-likeness (QED) is 0.424. The topological polar surface area (TPSA) is 97.1 Å². The molecular formula is C28H35ClN4O3. The third kappa shape index (κ3) is 6.96. The second-order valence-corrected chi connectivity index (χ2v) is 10.5. The molecule has 2 fully saturated rings. The number of anilines is 1. The predicted molar refractivity (Wildman–Crippen MR) is 139 cm³/mol. The number of methoxy groups -OCH3 is 1. The lowest BCUT2D eigenvalue weighted by molar-refractivity contribution is -0.141. The van der Waals surface area contributed by atoms with E-state index in [1.165, 1.54) is 7.11 Å². The fourth-order valence-electron chi connectivity index (χ4n) is 5.27. The van der Waals surface area contributed by atoms with Gasteiger partial charge in [-0.3, -0.25) is 9.78 Å². The van der Waals surface area contributed by atoms with Crippen molar-refractivity contribution < 1.29 is 14.3 Å². The minimum atomic E-state index is -0.421. The van der Waals surface area contributed by atoms with Crippen molar-refractivity contribution in [3.05, 3.63) is 41.2 Å². The molecule has 36 heavy (non-hydrogen) atoms. The Bertz CT molecular complexity index is 1070. The molecule has 0 amide bonds. The normalized spacial score (nSPS) is 21.4. The summed E-state index contributed by atoms with van der Waals surface area (Å²) in [5, 5.41) is 13.7. The van der Waals surface area contributed by atoms with Gasteiger partial charge < -0.3 is 14.8 Å². The van der Waals surface area contributed by atoms with E-state index in [0.717, 1.165) is 74.1 Å². The van der Waals surface area contributed by atoms with Crippen LogP contribution < -0.4 is 5.32 Å². The second kappa shape index (κ2) is 12.5. The molecule has 0 radical (unpaired) electrons. The Morgan fingerprint density at radius 3 is 2.72 bits per heavy atom. The van der Waals surface area contributed by atoms with E-state index < -0.39 is 5.41 Å². The maximum atomic E-state index is 11.4. The molecule has 8 heteroatoms. The number of carbonyl (C=O) groups excluding carboxylic acids is 1. The summed E-state index contributed by atoms with van der Waals surface area (Å²) >= 11 is 6.54. The standard InChI is InChI=1S/C28H35ClN4O3/c1-35-27(34)10-9-20-5-7-21(8-6-20)15-22-16-23(24(29)17-31-22)25-3-2-4-26(33-25)32-19-28(18-30)11-13-36-14-12-28/h2-4,16-17,20-21H,5-15,19H2,1H3,(H,32,33). The number of carbonyl (C=O) groups is 1. The lowest BCUT2D eigenvalue weighted by atomic mass is 9.78. The minimum Gasteiger partial charge on any atom is -0.469 e. The number of esters is 1. The van der Waals surface area contributed by atoms with Crippen LogP contribution in [0.25, 0.3) is 11.3 Å². The van der Waals surface area contributed by atoms with E-state index in [2.05, 4.69) is 22.4 Å². The zero-order valence-electron chi connectivity index (χ0n) is 21.0. The summed E-state index contributed by atoms with van der Waals surface area (Å²) in [4.78, 5) is 20.8. The maximum Gasteiger partial charge on any atom is 0.305 e. The van der Waals surface area contributed by atoms with E-state index in [1.54, 1.807) is 6.20 Å². The predicted octanol–water partition coefficient (Wildman–Crippen LogP) is 5.83. The zero-order chi connectivity index (χ0) is 25.4. The van der Waals surface area contributed by atoms with Crippen molar-refractivity contribution in [2.24, 2.45) is 17.3 Å². The largest absolute Gasteiger partial charge is 0.469 e. The van der Waals surface area contributed by atoms with Crippen LogP contribution in [0.4, 0.5) is 5.82 Å². The lowest BCUT2D eigenvalue weighted by Gasteiger charge is -2.30. The summed E-state index contributed by atoms with van der Waals surface area (Å²) in [6.07, 6.45) is 10.1. The molecule has 1 aliphatic heterocycles. The number of nitriles is 1. The van der Waals surface area contributed by atoms with Gasteiger partial charge in [0.1, 0.15) is 5.82 Å². The first kappa shape index (κ1) is 26.4. The average molecular weight is 511 g/mol. The second-order valence-electron chi connectivity index (χ2n) is 10.1. The number of hydrogen-bond acceptors (Lipinski definition) is 7. The van der Waals surface area contributed by atoms with Crippen LogP contribution in [0.3, 0.4) is 0 Å². The maximum absolute atomic E-state index is 11.4. The molecule has 1 aliphatic carbocycles. The van der Waals surface area contributed by atoms with E-state index in [9.17, 15) is 10.1 Å². The van der Waals surface area contributed by atoms with E-state index in [4.69, 9.17) is 26.1 Å². The number of halogens is 1. The Morgan fingerprint density at radius 1 is 1.25 bits per heavy atom. The average Bonchev–Trinajstić information content (AvgIpc) is 2.93. The molecule has 1 saturated carbocycles. The highest BCUT2D eigenvalue weighted by Gasteiger charge is 2.32. The highest BCUT2D eigenvalue weighted by Crippen LogP contribution is 2.35. The molecular weight excluding hydrogens is 476 g/mol. The van der Waals surface area contributed by atoms with E-state index in [0.29, 0.717) is 43.0 Å². The molecule has 192 valence electrons. The molecule has 0 unspecified atom stereocenters. The van der Waals surface area contributed by atoms with Gasteiger partial charge in [-0.05, 0) is 68.6 Å². The monoisotopic (exact) mass is 510 g/mol. The Balaban J connectivity index is 1.37. The molecule has 7 nitrogen and oxygen atoms in total. The fraction of sp³-hybridized carbons (Fsp3) is 0.571. The number of nitrogens with zero attached hydrogens (tertiary/aromatic N) is 3. The first-order valence-electron chi connectivity index (χ1n) is 12.9. The Labute approximate surface area is 218 Å². The van der Waals surface area contributed by atoms with Crippen LogP contribution in [0, 0.1) is 28.6 Å². The number of aromatic nitrogens is 2. The molecule has 0 spiro atoms. The van der Waals surface area contributed by atoms with Gasteiger partial charge in [0.15, 0.2) is 0 Å². The molecule has 0 bridgehead atoms. The highest BCUT2D eigenvalue weighted by atomic mass is 35.5. The molecule has 4 rings (SSSR count). The summed E-state index contributed by atoms with van der Waals surface area (Å²) in [7, 11) is 1.45. The Kier molecular flexibility index (Phi) is 9.17. The highest BCUT2D eigenvalue weighted by molar-refractivity contribution is 6.33. The van der Waals surface area contributed by atoms with Crippen molar-refractivity contribution in [3.8, 4) is 17.3 Å². The van der Waals surface area contributed by atoms with Gasteiger partial charge in [0.05, 0.1) is 29.3 Å². The summed E-state index contributed by atoms with van der Waals surface area (Å²) in [5.41, 5.74) is 2.27.